The van der Waals surface area contributed by atoms with E-state index in [1.165, 1.54) is 10.8 Å². The molecule has 1 amide bonds. The molecule has 0 saturated carbocycles. The van der Waals surface area contributed by atoms with E-state index >= 15 is 0 Å². The van der Waals surface area contributed by atoms with E-state index in [2.05, 4.69) is 41.0 Å². The van der Waals surface area contributed by atoms with Crippen LogP contribution in [0.4, 0.5) is 4.79 Å². The maximum atomic E-state index is 13.1. The summed E-state index contributed by atoms with van der Waals surface area (Å²) in [7, 11) is 0. The van der Waals surface area contributed by atoms with Gasteiger partial charge < -0.3 is 15.4 Å². The molecule has 1 heterocycles. The zero-order valence-corrected chi connectivity index (χ0v) is 22.9. The molecule has 38 heavy (non-hydrogen) atoms. The van der Waals surface area contributed by atoms with Gasteiger partial charge in [-0.1, -0.05) is 48.5 Å². The number of rotatable bonds is 8. The summed E-state index contributed by atoms with van der Waals surface area (Å²) in [5, 5.41) is 8.86. The minimum absolute atomic E-state index is 0.0704. The van der Waals surface area contributed by atoms with Crippen molar-refractivity contribution in [3.05, 3.63) is 112 Å². The second-order valence-corrected chi connectivity index (χ2v) is 10.9. The Bertz CT molecular complexity index is 1480. The van der Waals surface area contributed by atoms with Gasteiger partial charge in [-0.15, -0.1) is 0 Å². The lowest BCUT2D eigenvalue weighted by Crippen LogP contribution is -2.43. The SMILES string of the molecule is Cc1cccc(-n2c(C)cc(CC(CNC(=O)OC(C)(C)C)NCc3ccc4ccccc4c3)cc2=O)c1. The molecule has 1 atom stereocenters. The van der Waals surface area contributed by atoms with E-state index in [-0.39, 0.29) is 11.6 Å². The smallest absolute Gasteiger partial charge is 0.407 e. The van der Waals surface area contributed by atoms with Gasteiger partial charge in [-0.3, -0.25) is 9.36 Å². The van der Waals surface area contributed by atoms with Crippen molar-refractivity contribution in [2.75, 3.05) is 6.54 Å². The Morgan fingerprint density at radius 3 is 2.37 bits per heavy atom. The predicted octanol–water partition coefficient (Wildman–Crippen LogP) is 5.83. The number of fused-ring (bicyclic) bond motifs is 1. The lowest BCUT2D eigenvalue weighted by atomic mass is 10.0. The quantitative estimate of drug-likeness (QED) is 0.312. The number of benzene rings is 3. The number of nitrogens with one attached hydrogen (secondary N) is 2. The van der Waals surface area contributed by atoms with E-state index in [1.807, 2.05) is 77.1 Å². The first-order valence-corrected chi connectivity index (χ1v) is 13.0. The summed E-state index contributed by atoms with van der Waals surface area (Å²) >= 11 is 0. The van der Waals surface area contributed by atoms with Crippen LogP contribution in [0.2, 0.25) is 0 Å². The van der Waals surface area contributed by atoms with Crippen LogP contribution >= 0.6 is 0 Å². The molecule has 4 rings (SSSR count). The third-order valence-corrected chi connectivity index (χ3v) is 6.32. The molecule has 0 aliphatic rings. The van der Waals surface area contributed by atoms with Gasteiger partial charge in [0.1, 0.15) is 5.60 Å². The molecule has 0 radical (unpaired) electrons. The molecule has 0 spiro atoms. The van der Waals surface area contributed by atoms with Gasteiger partial charge in [0.15, 0.2) is 0 Å². The lowest BCUT2D eigenvalue weighted by molar-refractivity contribution is 0.0522. The molecule has 4 aromatic rings. The molecule has 6 heteroatoms. The van der Waals surface area contributed by atoms with Crippen LogP contribution in [0.15, 0.2) is 83.7 Å². The van der Waals surface area contributed by atoms with Crippen LogP contribution in [0.25, 0.3) is 16.5 Å². The molecule has 198 valence electrons. The standard InChI is InChI=1S/C32H37N3O3/c1-22-9-8-12-29(15-22)35-23(2)16-25(19-30(35)36)18-28(21-34-31(37)38-32(3,4)5)33-20-24-13-14-26-10-6-7-11-27(26)17-24/h6-17,19,28,33H,18,20-21H2,1-5H3,(H,34,37). The molecule has 0 fully saturated rings. The zero-order chi connectivity index (χ0) is 27.3. The van der Waals surface area contributed by atoms with Crippen molar-refractivity contribution in [2.45, 2.75) is 59.2 Å². The van der Waals surface area contributed by atoms with Crippen molar-refractivity contribution in [2.24, 2.45) is 0 Å². The molecule has 0 aliphatic heterocycles. The average molecular weight is 512 g/mol. The summed E-state index contributed by atoms with van der Waals surface area (Å²) in [6.07, 6.45) is 0.120. The number of amides is 1. The first-order valence-electron chi connectivity index (χ1n) is 13.0. The van der Waals surface area contributed by atoms with Crippen LogP contribution in [-0.2, 0) is 17.7 Å². The topological polar surface area (TPSA) is 72.4 Å². The Labute approximate surface area is 224 Å². The minimum atomic E-state index is -0.574. The largest absolute Gasteiger partial charge is 0.444 e. The number of hydrogen-bond acceptors (Lipinski definition) is 4. The summed E-state index contributed by atoms with van der Waals surface area (Å²) in [6, 6.07) is 26.2. The predicted molar refractivity (Wildman–Crippen MR) is 154 cm³/mol. The van der Waals surface area contributed by atoms with E-state index in [1.54, 1.807) is 10.6 Å². The van der Waals surface area contributed by atoms with Crippen molar-refractivity contribution < 1.29 is 9.53 Å². The third-order valence-electron chi connectivity index (χ3n) is 6.32. The van der Waals surface area contributed by atoms with Gasteiger partial charge in [0.25, 0.3) is 5.56 Å². The minimum Gasteiger partial charge on any atom is -0.444 e. The molecular weight excluding hydrogens is 474 g/mol. The van der Waals surface area contributed by atoms with Crippen LogP contribution < -0.4 is 16.2 Å². The summed E-state index contributed by atoms with van der Waals surface area (Å²) in [5.41, 5.74) is 4.25. The summed E-state index contributed by atoms with van der Waals surface area (Å²) < 4.78 is 7.16. The highest BCUT2D eigenvalue weighted by atomic mass is 16.6. The average Bonchev–Trinajstić information content (AvgIpc) is 2.84. The molecule has 0 bridgehead atoms. The molecule has 3 aromatic carbocycles. The van der Waals surface area contributed by atoms with Crippen molar-refractivity contribution >= 4 is 16.9 Å². The Hall–Kier alpha value is -3.90. The molecule has 0 saturated heterocycles. The number of aryl methyl sites for hydroxylation is 2. The molecule has 1 aromatic heterocycles. The van der Waals surface area contributed by atoms with Gasteiger partial charge in [0.05, 0.1) is 0 Å². The third kappa shape index (κ3) is 7.33. The van der Waals surface area contributed by atoms with Crippen LogP contribution in [0.5, 0.6) is 0 Å². The Balaban J connectivity index is 1.53. The highest BCUT2D eigenvalue weighted by Crippen LogP contribution is 2.17. The number of ether oxygens (including phenoxy) is 1. The normalized spacial score (nSPS) is 12.3. The van der Waals surface area contributed by atoms with Gasteiger partial charge in [-0.05, 0) is 92.8 Å². The number of alkyl carbamates (subject to hydrolysis) is 1. The number of pyridine rings is 1. The van der Waals surface area contributed by atoms with Crippen LogP contribution in [0.3, 0.4) is 0 Å². The first-order chi connectivity index (χ1) is 18.1. The maximum Gasteiger partial charge on any atom is 0.407 e. The van der Waals surface area contributed by atoms with E-state index in [0.717, 1.165) is 28.1 Å². The van der Waals surface area contributed by atoms with Gasteiger partial charge in [-0.25, -0.2) is 4.79 Å². The summed E-state index contributed by atoms with van der Waals surface area (Å²) in [5.74, 6) is 0. The number of aromatic nitrogens is 1. The number of hydrogen-bond donors (Lipinski definition) is 2. The van der Waals surface area contributed by atoms with Crippen molar-refractivity contribution in [3.8, 4) is 5.69 Å². The number of carbonyl (C=O) groups is 1. The van der Waals surface area contributed by atoms with Gasteiger partial charge >= 0.3 is 6.09 Å². The first kappa shape index (κ1) is 27.1. The van der Waals surface area contributed by atoms with E-state index < -0.39 is 11.7 Å². The van der Waals surface area contributed by atoms with E-state index in [0.29, 0.717) is 19.5 Å². The molecule has 6 nitrogen and oxygen atoms in total. The van der Waals surface area contributed by atoms with Gasteiger partial charge in [0.2, 0.25) is 0 Å². The van der Waals surface area contributed by atoms with Crippen molar-refractivity contribution in [1.29, 1.82) is 0 Å². The van der Waals surface area contributed by atoms with E-state index in [4.69, 9.17) is 4.74 Å². The fourth-order valence-electron chi connectivity index (χ4n) is 4.62. The number of carbonyl (C=O) groups excluding carboxylic acids is 1. The van der Waals surface area contributed by atoms with Gasteiger partial charge in [-0.2, -0.15) is 0 Å². The van der Waals surface area contributed by atoms with Crippen LogP contribution in [0.1, 0.15) is 43.2 Å². The number of nitrogens with zero attached hydrogens (tertiary/aromatic N) is 1. The second kappa shape index (κ2) is 11.7. The molecule has 1 unspecified atom stereocenters. The maximum absolute atomic E-state index is 13.1. The fourth-order valence-corrected chi connectivity index (χ4v) is 4.62. The van der Waals surface area contributed by atoms with Crippen molar-refractivity contribution in [1.82, 2.24) is 15.2 Å². The Morgan fingerprint density at radius 1 is 0.895 bits per heavy atom. The lowest BCUT2D eigenvalue weighted by Gasteiger charge is -2.23. The van der Waals surface area contributed by atoms with Crippen LogP contribution in [0, 0.1) is 13.8 Å². The highest BCUT2D eigenvalue weighted by Gasteiger charge is 2.18. The van der Waals surface area contributed by atoms with E-state index in [9.17, 15) is 9.59 Å². The van der Waals surface area contributed by atoms with Crippen molar-refractivity contribution in [3.63, 3.8) is 0 Å². The Kier molecular flexibility index (Phi) is 8.32. The zero-order valence-electron chi connectivity index (χ0n) is 22.9. The summed E-state index contributed by atoms with van der Waals surface area (Å²) in [6.45, 7) is 10.5. The summed E-state index contributed by atoms with van der Waals surface area (Å²) in [4.78, 5) is 25.5. The van der Waals surface area contributed by atoms with Crippen LogP contribution in [-0.4, -0.2) is 28.8 Å². The highest BCUT2D eigenvalue weighted by molar-refractivity contribution is 5.83. The Morgan fingerprint density at radius 2 is 1.66 bits per heavy atom. The molecule has 2 N–H and O–H groups in total. The second-order valence-electron chi connectivity index (χ2n) is 10.9. The monoisotopic (exact) mass is 511 g/mol. The molecule has 0 aliphatic carbocycles. The van der Waals surface area contributed by atoms with Gasteiger partial charge in [0, 0.05) is 36.6 Å². The molecular formula is C32H37N3O3. The fraction of sp³-hybridized carbons (Fsp3) is 0.312.